The fourth-order valence-electron chi connectivity index (χ4n) is 4.05. The van der Waals surface area contributed by atoms with Gasteiger partial charge >= 0.3 is 0 Å². The number of aromatic nitrogens is 5. The largest absolute Gasteiger partial charge is 0.354 e. The first kappa shape index (κ1) is 22.7. The highest BCUT2D eigenvalue weighted by molar-refractivity contribution is 7.09. The Labute approximate surface area is 206 Å². The van der Waals surface area contributed by atoms with Crippen molar-refractivity contribution in [3.63, 3.8) is 0 Å². The van der Waals surface area contributed by atoms with Gasteiger partial charge in [-0.3, -0.25) is 19.1 Å². The predicted octanol–water partition coefficient (Wildman–Crippen LogP) is 1.81. The molecule has 0 radical (unpaired) electrons. The van der Waals surface area contributed by atoms with Gasteiger partial charge in [0, 0.05) is 55.4 Å². The number of carbonyl (C=O) groups excluding carboxylic acids is 2. The number of anilines is 1. The third kappa shape index (κ3) is 5.19. The molecule has 1 aliphatic rings. The van der Waals surface area contributed by atoms with E-state index in [4.69, 9.17) is 0 Å². The van der Waals surface area contributed by atoms with E-state index in [1.165, 1.54) is 11.2 Å². The monoisotopic (exact) mass is 488 g/mol. The summed E-state index contributed by atoms with van der Waals surface area (Å²) >= 11 is 1.66. The number of rotatable bonds is 7. The van der Waals surface area contributed by atoms with Crippen LogP contribution in [0.4, 0.5) is 5.82 Å². The molecule has 1 saturated heterocycles. The second-order valence-electron chi connectivity index (χ2n) is 8.03. The van der Waals surface area contributed by atoms with Crippen LogP contribution >= 0.6 is 11.3 Å². The average molecular weight is 489 g/mol. The Morgan fingerprint density at radius 1 is 1.09 bits per heavy atom. The lowest BCUT2D eigenvalue weighted by Crippen LogP contribution is -2.60. The van der Waals surface area contributed by atoms with E-state index in [0.29, 0.717) is 36.8 Å². The minimum absolute atomic E-state index is 0.143. The fraction of sp³-hybridized carbons (Fsp3) is 0.250. The third-order valence-corrected chi connectivity index (χ3v) is 6.77. The molecule has 0 saturated carbocycles. The van der Waals surface area contributed by atoms with Crippen LogP contribution in [0, 0.1) is 0 Å². The number of piperazine rings is 1. The van der Waals surface area contributed by atoms with Gasteiger partial charge in [-0.15, -0.1) is 11.3 Å². The Morgan fingerprint density at radius 3 is 2.77 bits per heavy atom. The number of nitrogens with one attached hydrogen (secondary N) is 1. The molecule has 0 spiro atoms. The van der Waals surface area contributed by atoms with Gasteiger partial charge in [0.05, 0.1) is 12.1 Å². The van der Waals surface area contributed by atoms with E-state index in [-0.39, 0.29) is 18.4 Å². The predicted molar refractivity (Wildman–Crippen MR) is 131 cm³/mol. The maximum Gasteiger partial charge on any atom is 0.255 e. The molecular weight excluding hydrogens is 464 g/mol. The summed E-state index contributed by atoms with van der Waals surface area (Å²) in [6.07, 6.45) is 10.5. The first-order valence-electron chi connectivity index (χ1n) is 11.3. The highest BCUT2D eigenvalue weighted by Gasteiger charge is 2.35. The number of nitrogens with zero attached hydrogens (tertiary/aromatic N) is 7. The Bertz CT molecular complexity index is 1260. The molecule has 4 aromatic rings. The molecular formula is C24H24N8O2S. The van der Waals surface area contributed by atoms with Gasteiger partial charge in [0.15, 0.2) is 0 Å². The van der Waals surface area contributed by atoms with Gasteiger partial charge < -0.3 is 15.1 Å². The van der Waals surface area contributed by atoms with Crippen LogP contribution in [-0.2, 0) is 11.2 Å². The topological polar surface area (TPSA) is 109 Å². The van der Waals surface area contributed by atoms with E-state index in [1.54, 1.807) is 64.1 Å². The molecule has 0 aromatic carbocycles. The van der Waals surface area contributed by atoms with Gasteiger partial charge in [-0.2, -0.15) is 0 Å². The standard InChI is InChI=1S/C24H24N8O2S/c33-23(27-7-5-19-4-2-12-35-19)20-15-30(24(34)18-3-1-6-25-14-18)10-11-32(20)22-13-21(28-16-29-22)31-9-8-26-17-31/h1-4,6,8-9,12-14,16-17,20H,5,7,10-11,15H2,(H,27,33). The van der Waals surface area contributed by atoms with Crippen molar-refractivity contribution >= 4 is 29.0 Å². The Morgan fingerprint density at radius 2 is 2.00 bits per heavy atom. The maximum absolute atomic E-state index is 13.4. The molecule has 5 heterocycles. The van der Waals surface area contributed by atoms with E-state index in [1.807, 2.05) is 22.4 Å². The smallest absolute Gasteiger partial charge is 0.255 e. The summed E-state index contributed by atoms with van der Waals surface area (Å²) in [4.78, 5) is 48.2. The third-order valence-electron chi connectivity index (χ3n) is 5.83. The number of imidazole rings is 1. The molecule has 0 aliphatic carbocycles. The van der Waals surface area contributed by atoms with Crippen LogP contribution in [0.3, 0.4) is 0 Å². The summed E-state index contributed by atoms with van der Waals surface area (Å²) in [6.45, 7) is 1.67. The minimum Gasteiger partial charge on any atom is -0.354 e. The van der Waals surface area contributed by atoms with Crippen molar-refractivity contribution in [2.45, 2.75) is 12.5 Å². The molecule has 2 amide bonds. The van der Waals surface area contributed by atoms with Gasteiger partial charge in [0.1, 0.15) is 30.3 Å². The van der Waals surface area contributed by atoms with E-state index >= 15 is 0 Å². The van der Waals surface area contributed by atoms with Crippen LogP contribution < -0.4 is 10.2 Å². The molecule has 1 aliphatic heterocycles. The molecule has 1 N–H and O–H groups in total. The van der Waals surface area contributed by atoms with Crippen molar-refractivity contribution < 1.29 is 9.59 Å². The van der Waals surface area contributed by atoms with Crippen LogP contribution in [0.5, 0.6) is 0 Å². The molecule has 5 rings (SSSR count). The summed E-state index contributed by atoms with van der Waals surface area (Å²) in [6, 6.07) is 8.75. The van der Waals surface area contributed by atoms with Gasteiger partial charge in [-0.05, 0) is 30.0 Å². The van der Waals surface area contributed by atoms with Crippen molar-refractivity contribution in [3.05, 3.63) is 83.6 Å². The van der Waals surface area contributed by atoms with Crippen molar-refractivity contribution in [3.8, 4) is 5.82 Å². The number of pyridine rings is 1. The first-order chi connectivity index (χ1) is 17.2. The molecule has 1 atom stereocenters. The highest BCUT2D eigenvalue weighted by atomic mass is 32.1. The van der Waals surface area contributed by atoms with Crippen molar-refractivity contribution in [2.24, 2.45) is 0 Å². The Hall–Kier alpha value is -4.12. The number of hydrogen-bond donors (Lipinski definition) is 1. The molecule has 4 aromatic heterocycles. The summed E-state index contributed by atoms with van der Waals surface area (Å²) in [5, 5.41) is 5.07. The van der Waals surface area contributed by atoms with E-state index < -0.39 is 6.04 Å². The van der Waals surface area contributed by atoms with Crippen molar-refractivity contribution in [1.29, 1.82) is 0 Å². The molecule has 1 fully saturated rings. The van der Waals surface area contributed by atoms with Crippen LogP contribution in [0.2, 0.25) is 0 Å². The quantitative estimate of drug-likeness (QED) is 0.423. The number of amides is 2. The fourth-order valence-corrected chi connectivity index (χ4v) is 4.76. The lowest BCUT2D eigenvalue weighted by atomic mass is 10.1. The number of carbonyl (C=O) groups is 2. The van der Waals surface area contributed by atoms with E-state index in [2.05, 4.69) is 31.3 Å². The molecule has 178 valence electrons. The molecule has 35 heavy (non-hydrogen) atoms. The Kier molecular flexibility index (Phi) is 6.75. The summed E-state index contributed by atoms with van der Waals surface area (Å²) in [5.74, 6) is 0.984. The summed E-state index contributed by atoms with van der Waals surface area (Å²) in [5.41, 5.74) is 0.502. The van der Waals surface area contributed by atoms with Gasteiger partial charge in [-0.1, -0.05) is 6.07 Å². The zero-order valence-electron chi connectivity index (χ0n) is 18.9. The first-order valence-corrected chi connectivity index (χ1v) is 12.1. The normalized spacial score (nSPS) is 15.7. The lowest BCUT2D eigenvalue weighted by molar-refractivity contribution is -0.123. The van der Waals surface area contributed by atoms with Crippen LogP contribution in [0.25, 0.3) is 5.82 Å². The van der Waals surface area contributed by atoms with Gasteiger partial charge in [0.25, 0.3) is 5.91 Å². The SMILES string of the molecule is O=C(NCCc1cccs1)C1CN(C(=O)c2cccnc2)CCN1c1cc(-n2ccnc2)ncn1. The zero-order chi connectivity index (χ0) is 24.0. The number of thiophene rings is 1. The average Bonchev–Trinajstić information content (AvgIpc) is 3.63. The van der Waals surface area contributed by atoms with E-state index in [9.17, 15) is 9.59 Å². The van der Waals surface area contributed by atoms with Crippen molar-refractivity contribution in [2.75, 3.05) is 31.1 Å². The van der Waals surface area contributed by atoms with Crippen LogP contribution in [0.1, 0.15) is 15.2 Å². The second kappa shape index (κ2) is 10.4. The van der Waals surface area contributed by atoms with Crippen LogP contribution in [0.15, 0.2) is 73.2 Å². The summed E-state index contributed by atoms with van der Waals surface area (Å²) in [7, 11) is 0. The molecule has 11 heteroatoms. The van der Waals surface area contributed by atoms with Gasteiger partial charge in [0.2, 0.25) is 5.91 Å². The van der Waals surface area contributed by atoms with Crippen molar-refractivity contribution in [1.82, 2.24) is 34.7 Å². The number of hydrogen-bond acceptors (Lipinski definition) is 8. The Balaban J connectivity index is 1.36. The maximum atomic E-state index is 13.4. The van der Waals surface area contributed by atoms with Gasteiger partial charge in [-0.25, -0.2) is 15.0 Å². The van der Waals surface area contributed by atoms with E-state index in [0.717, 1.165) is 6.42 Å². The lowest BCUT2D eigenvalue weighted by Gasteiger charge is -2.41. The highest BCUT2D eigenvalue weighted by Crippen LogP contribution is 2.21. The molecule has 0 bridgehead atoms. The van der Waals surface area contributed by atoms with Crippen LogP contribution in [-0.4, -0.2) is 73.4 Å². The second-order valence-corrected chi connectivity index (χ2v) is 9.06. The molecule has 1 unspecified atom stereocenters. The molecule has 10 nitrogen and oxygen atoms in total. The minimum atomic E-state index is -0.599. The summed E-state index contributed by atoms with van der Waals surface area (Å²) < 4.78 is 1.78. The zero-order valence-corrected chi connectivity index (χ0v) is 19.7.